The molecule has 0 N–H and O–H groups in total. The number of nitrogens with zero attached hydrogens (tertiary/aromatic N) is 3. The van der Waals surface area contributed by atoms with Crippen molar-refractivity contribution in [2.24, 2.45) is 5.92 Å². The standard InChI is InChI=1S/C42H29N3O/c1-24-19-38-34(31-17-16-29-27-10-4-6-13-35(27)42(2,3)39(29)41(31)46-38)21-32(24)30-12-8-9-26(23-44)40(30)45-36-14-7-5-11-28(36)33-20-25(22-43)15-18-37(33)45/h4-18,20-21,24H,19H2,1-3H3. The zero-order valence-corrected chi connectivity index (χ0v) is 25.8. The van der Waals surface area contributed by atoms with Crippen LogP contribution in [0.4, 0.5) is 0 Å². The van der Waals surface area contributed by atoms with E-state index in [-0.39, 0.29) is 11.3 Å². The maximum absolute atomic E-state index is 10.5. The molecule has 2 aromatic heterocycles. The van der Waals surface area contributed by atoms with Crippen molar-refractivity contribution in [2.45, 2.75) is 32.6 Å². The normalized spacial score (nSPS) is 16.1. The Morgan fingerprint density at radius 2 is 1.54 bits per heavy atom. The van der Waals surface area contributed by atoms with Gasteiger partial charge in [-0.2, -0.15) is 10.5 Å². The summed E-state index contributed by atoms with van der Waals surface area (Å²) in [6.45, 7) is 6.85. The van der Waals surface area contributed by atoms with Crippen LogP contribution in [0, 0.1) is 28.6 Å². The smallest absolute Gasteiger partial charge is 0.139 e. The molecule has 9 rings (SSSR count). The van der Waals surface area contributed by atoms with E-state index in [9.17, 15) is 10.5 Å². The van der Waals surface area contributed by atoms with Crippen molar-refractivity contribution < 1.29 is 4.42 Å². The van der Waals surface area contributed by atoms with Gasteiger partial charge in [-0.05, 0) is 70.7 Å². The SMILES string of the molecule is CC1Cc2oc3c4c(ccc3c2C=C1c1cccc(C#N)c1-n1c2ccccc2c2cc(C#N)ccc21)-c1ccccc1C4(C)C. The Labute approximate surface area is 267 Å². The topological polar surface area (TPSA) is 65.7 Å². The van der Waals surface area contributed by atoms with Gasteiger partial charge in [0.1, 0.15) is 17.4 Å². The van der Waals surface area contributed by atoms with Gasteiger partial charge in [-0.1, -0.05) is 81.4 Å². The lowest BCUT2D eigenvalue weighted by Crippen LogP contribution is -2.15. The lowest BCUT2D eigenvalue weighted by molar-refractivity contribution is 0.510. The number of rotatable bonds is 2. The molecular weight excluding hydrogens is 562 g/mol. The van der Waals surface area contributed by atoms with E-state index in [0.29, 0.717) is 11.1 Å². The van der Waals surface area contributed by atoms with Crippen LogP contribution in [-0.2, 0) is 11.8 Å². The zero-order chi connectivity index (χ0) is 31.3. The first-order chi connectivity index (χ1) is 22.4. The fourth-order valence-electron chi connectivity index (χ4n) is 8.20. The summed E-state index contributed by atoms with van der Waals surface area (Å²) in [5.74, 6) is 1.18. The van der Waals surface area contributed by atoms with Crippen LogP contribution in [0.5, 0.6) is 0 Å². The molecule has 46 heavy (non-hydrogen) atoms. The molecule has 2 aliphatic rings. The van der Waals surface area contributed by atoms with Crippen LogP contribution in [0.2, 0.25) is 0 Å². The number of benzene rings is 5. The van der Waals surface area contributed by atoms with E-state index in [1.807, 2.05) is 42.5 Å². The van der Waals surface area contributed by atoms with Crippen molar-refractivity contribution in [3.05, 3.63) is 136 Å². The number of nitriles is 2. The number of para-hydroxylation sites is 2. The van der Waals surface area contributed by atoms with E-state index in [1.165, 1.54) is 27.8 Å². The minimum absolute atomic E-state index is 0.164. The quantitative estimate of drug-likeness (QED) is 0.201. The van der Waals surface area contributed by atoms with Gasteiger partial charge in [0, 0.05) is 44.7 Å². The molecule has 5 aromatic carbocycles. The van der Waals surface area contributed by atoms with E-state index < -0.39 is 0 Å². The highest BCUT2D eigenvalue weighted by Crippen LogP contribution is 2.53. The summed E-state index contributed by atoms with van der Waals surface area (Å²) in [4.78, 5) is 0. The number of furan rings is 1. The van der Waals surface area contributed by atoms with Crippen molar-refractivity contribution in [2.75, 3.05) is 0 Å². The van der Waals surface area contributed by atoms with E-state index in [1.54, 1.807) is 0 Å². The summed E-state index contributed by atoms with van der Waals surface area (Å²) >= 11 is 0. The van der Waals surface area contributed by atoms with Crippen molar-refractivity contribution in [3.8, 4) is 29.0 Å². The van der Waals surface area contributed by atoms with E-state index in [2.05, 4.69) is 98.2 Å². The van der Waals surface area contributed by atoms with Gasteiger partial charge in [0.05, 0.1) is 33.9 Å². The molecule has 1 atom stereocenters. The first kappa shape index (κ1) is 26.6. The molecule has 0 radical (unpaired) electrons. The predicted molar refractivity (Wildman–Crippen MR) is 185 cm³/mol. The molecule has 0 amide bonds. The Morgan fingerprint density at radius 3 is 2.39 bits per heavy atom. The third-order valence-electron chi connectivity index (χ3n) is 10.3. The summed E-state index contributed by atoms with van der Waals surface area (Å²) in [7, 11) is 0. The Bertz CT molecular complexity index is 2580. The van der Waals surface area contributed by atoms with Crippen molar-refractivity contribution >= 4 is 44.4 Å². The molecule has 2 heterocycles. The highest BCUT2D eigenvalue weighted by molar-refractivity contribution is 6.11. The summed E-state index contributed by atoms with van der Waals surface area (Å²) in [6.07, 6.45) is 3.07. The first-order valence-electron chi connectivity index (χ1n) is 15.8. The fourth-order valence-corrected chi connectivity index (χ4v) is 8.20. The lowest BCUT2D eigenvalue weighted by Gasteiger charge is -2.24. The summed E-state index contributed by atoms with van der Waals surface area (Å²) in [6, 6.07) is 38.1. The highest BCUT2D eigenvalue weighted by Gasteiger charge is 2.39. The van der Waals surface area contributed by atoms with Crippen molar-refractivity contribution in [3.63, 3.8) is 0 Å². The summed E-state index contributed by atoms with van der Waals surface area (Å²) < 4.78 is 9.02. The van der Waals surface area contributed by atoms with Gasteiger partial charge in [-0.15, -0.1) is 0 Å². The van der Waals surface area contributed by atoms with Gasteiger partial charge < -0.3 is 8.98 Å². The van der Waals surface area contributed by atoms with Crippen LogP contribution < -0.4 is 0 Å². The van der Waals surface area contributed by atoms with Gasteiger partial charge in [-0.3, -0.25) is 0 Å². The van der Waals surface area contributed by atoms with E-state index in [0.717, 1.165) is 61.8 Å². The average molecular weight is 592 g/mol. The lowest BCUT2D eigenvalue weighted by atomic mass is 9.80. The molecule has 0 aliphatic heterocycles. The fraction of sp³-hybridized carbons (Fsp3) is 0.143. The largest absolute Gasteiger partial charge is 0.460 e. The first-order valence-corrected chi connectivity index (χ1v) is 15.8. The Hall–Kier alpha value is -5.84. The summed E-state index contributed by atoms with van der Waals surface area (Å²) in [5.41, 5.74) is 13.4. The van der Waals surface area contributed by atoms with Gasteiger partial charge >= 0.3 is 0 Å². The van der Waals surface area contributed by atoms with Crippen molar-refractivity contribution in [1.82, 2.24) is 4.57 Å². The second-order valence-electron chi connectivity index (χ2n) is 13.2. The number of aromatic nitrogens is 1. The third-order valence-corrected chi connectivity index (χ3v) is 10.3. The summed E-state index contributed by atoms with van der Waals surface area (Å²) in [5, 5.41) is 23.3. The number of hydrogen-bond acceptors (Lipinski definition) is 3. The van der Waals surface area contributed by atoms with Crippen LogP contribution in [0.15, 0.2) is 101 Å². The molecule has 0 saturated carbocycles. The van der Waals surface area contributed by atoms with Gasteiger partial charge in [-0.25, -0.2) is 0 Å². The van der Waals surface area contributed by atoms with Crippen LogP contribution in [0.1, 0.15) is 59.9 Å². The molecular formula is C42H29N3O. The van der Waals surface area contributed by atoms with Crippen LogP contribution in [0.3, 0.4) is 0 Å². The van der Waals surface area contributed by atoms with E-state index >= 15 is 0 Å². The van der Waals surface area contributed by atoms with E-state index in [4.69, 9.17) is 4.42 Å². The minimum Gasteiger partial charge on any atom is -0.460 e. The molecule has 4 heteroatoms. The van der Waals surface area contributed by atoms with Crippen LogP contribution in [-0.4, -0.2) is 4.57 Å². The van der Waals surface area contributed by atoms with Gasteiger partial charge in [0.2, 0.25) is 0 Å². The van der Waals surface area contributed by atoms with Gasteiger partial charge in [0.25, 0.3) is 0 Å². The van der Waals surface area contributed by atoms with Crippen LogP contribution in [0.25, 0.3) is 61.2 Å². The maximum Gasteiger partial charge on any atom is 0.139 e. The molecule has 0 spiro atoms. The predicted octanol–water partition coefficient (Wildman–Crippen LogP) is 10.3. The Kier molecular flexibility index (Phi) is 5.39. The highest BCUT2D eigenvalue weighted by atomic mass is 16.3. The zero-order valence-electron chi connectivity index (χ0n) is 25.8. The number of hydrogen-bond donors (Lipinski definition) is 0. The Balaban J connectivity index is 1.30. The molecule has 0 bridgehead atoms. The molecule has 0 saturated heterocycles. The minimum atomic E-state index is -0.166. The number of allylic oxidation sites excluding steroid dienone is 1. The number of fused-ring (bicyclic) bond motifs is 10. The molecule has 2 aliphatic carbocycles. The molecule has 1 unspecified atom stereocenters. The van der Waals surface area contributed by atoms with Gasteiger partial charge in [0.15, 0.2) is 0 Å². The second kappa shape index (κ2) is 9.33. The van der Waals surface area contributed by atoms with Crippen molar-refractivity contribution in [1.29, 1.82) is 10.5 Å². The second-order valence-corrected chi connectivity index (χ2v) is 13.2. The molecule has 4 nitrogen and oxygen atoms in total. The molecule has 0 fully saturated rings. The molecule has 218 valence electrons. The Morgan fingerprint density at radius 1 is 0.761 bits per heavy atom. The average Bonchev–Trinajstić information content (AvgIpc) is 3.68. The molecule has 7 aromatic rings. The maximum atomic E-state index is 10.5. The third kappa shape index (κ3) is 3.42. The monoisotopic (exact) mass is 591 g/mol. The van der Waals surface area contributed by atoms with Crippen LogP contribution >= 0.6 is 0 Å².